The van der Waals surface area contributed by atoms with Crippen molar-refractivity contribution in [1.82, 2.24) is 9.80 Å². The summed E-state index contributed by atoms with van der Waals surface area (Å²) in [4.78, 5) is 42.8. The molecule has 1 spiro atoms. The van der Waals surface area contributed by atoms with Gasteiger partial charge in [0.15, 0.2) is 0 Å². The maximum absolute atomic E-state index is 13.5. The molecule has 0 aromatic carbocycles. The molecule has 152 valence electrons. The highest BCUT2D eigenvalue weighted by molar-refractivity contribution is 5.99. The summed E-state index contributed by atoms with van der Waals surface area (Å²) in [6.07, 6.45) is 7.09. The predicted molar refractivity (Wildman–Crippen MR) is 97.9 cm³/mol. The monoisotopic (exact) mass is 390 g/mol. The van der Waals surface area contributed by atoms with Crippen LogP contribution in [0.2, 0.25) is 0 Å². The lowest BCUT2D eigenvalue weighted by molar-refractivity contribution is -0.158. The summed E-state index contributed by atoms with van der Waals surface area (Å²) in [5.41, 5.74) is -2.32. The highest BCUT2D eigenvalue weighted by Crippen LogP contribution is 2.57. The first kappa shape index (κ1) is 19.1. The van der Waals surface area contributed by atoms with Gasteiger partial charge in [-0.2, -0.15) is 0 Å². The Morgan fingerprint density at radius 2 is 1.93 bits per heavy atom. The SMILES string of the molecule is CC(C)N1CC=C[C@]23O[C@]4(C)C=CCOC(=O)[C@@H]4[C@H]2C(=O)N(CCO)C3C1=O. The van der Waals surface area contributed by atoms with Gasteiger partial charge >= 0.3 is 5.97 Å². The number of nitrogens with zero attached hydrogens (tertiary/aromatic N) is 2. The lowest BCUT2D eigenvalue weighted by Gasteiger charge is -2.38. The summed E-state index contributed by atoms with van der Waals surface area (Å²) in [5.74, 6) is -2.83. The second kappa shape index (κ2) is 6.42. The van der Waals surface area contributed by atoms with Crippen LogP contribution in [-0.2, 0) is 23.9 Å². The molecule has 2 amide bonds. The van der Waals surface area contributed by atoms with Crippen LogP contribution in [0.4, 0.5) is 0 Å². The molecule has 4 rings (SSSR count). The van der Waals surface area contributed by atoms with Gasteiger partial charge in [-0.3, -0.25) is 14.4 Å². The third-order valence-corrected chi connectivity index (χ3v) is 6.31. The lowest BCUT2D eigenvalue weighted by atomic mass is 9.75. The number of likely N-dealkylation sites (tertiary alicyclic amines) is 1. The number of β-amino-alcohol motifs (C(OH)–C–C–N with tert-alkyl or cyclic N) is 1. The van der Waals surface area contributed by atoms with Gasteiger partial charge < -0.3 is 24.4 Å². The van der Waals surface area contributed by atoms with Gasteiger partial charge in [0.05, 0.1) is 18.1 Å². The summed E-state index contributed by atoms with van der Waals surface area (Å²) in [7, 11) is 0. The Kier molecular flexibility index (Phi) is 4.39. The molecule has 0 aliphatic carbocycles. The highest BCUT2D eigenvalue weighted by Gasteiger charge is 2.74. The fraction of sp³-hybridized carbons (Fsp3) is 0.650. The Morgan fingerprint density at radius 3 is 2.61 bits per heavy atom. The summed E-state index contributed by atoms with van der Waals surface area (Å²) in [6, 6.07) is -0.993. The first-order valence-electron chi connectivity index (χ1n) is 9.71. The zero-order valence-corrected chi connectivity index (χ0v) is 16.3. The Morgan fingerprint density at radius 1 is 1.18 bits per heavy atom. The number of amides is 2. The molecule has 4 heterocycles. The number of esters is 1. The molecule has 0 radical (unpaired) electrons. The van der Waals surface area contributed by atoms with Crippen molar-refractivity contribution in [2.24, 2.45) is 11.8 Å². The van der Waals surface area contributed by atoms with Crippen LogP contribution < -0.4 is 0 Å². The molecular formula is C20H26N2O6. The fourth-order valence-electron chi connectivity index (χ4n) is 5.19. The third-order valence-electron chi connectivity index (χ3n) is 6.31. The molecule has 28 heavy (non-hydrogen) atoms. The maximum atomic E-state index is 13.5. The molecule has 0 aromatic rings. The Labute approximate surface area is 163 Å². The van der Waals surface area contributed by atoms with E-state index in [0.29, 0.717) is 6.54 Å². The summed E-state index contributed by atoms with van der Waals surface area (Å²) in [6.45, 7) is 5.83. The van der Waals surface area contributed by atoms with E-state index in [1.807, 2.05) is 19.9 Å². The van der Waals surface area contributed by atoms with Gasteiger partial charge in [0.25, 0.3) is 0 Å². The summed E-state index contributed by atoms with van der Waals surface area (Å²) < 4.78 is 11.8. The number of aliphatic hydroxyl groups excluding tert-OH is 1. The number of hydrogen-bond donors (Lipinski definition) is 1. The van der Waals surface area contributed by atoms with E-state index in [1.165, 1.54) is 4.90 Å². The number of rotatable bonds is 3. The molecule has 1 unspecified atom stereocenters. The maximum Gasteiger partial charge on any atom is 0.313 e. The number of carbonyl (C=O) groups is 3. The lowest BCUT2D eigenvalue weighted by Crippen LogP contribution is -2.57. The van der Waals surface area contributed by atoms with E-state index in [2.05, 4.69) is 0 Å². The number of fused-ring (bicyclic) bond motifs is 2. The Hall–Kier alpha value is -2.19. The third kappa shape index (κ3) is 2.40. The molecule has 8 nitrogen and oxygen atoms in total. The van der Waals surface area contributed by atoms with E-state index < -0.39 is 35.0 Å². The standard InChI is InChI=1S/C20H26N2O6/c1-12(2)21-8-4-7-20-13(16(24)22(9-10-23)15(20)17(21)25)14-18(26)27-11-5-6-19(14,3)28-20/h4-7,12-15,23H,8-11H2,1-3H3/t13-,14-,15?,19+,20-/m0/s1. The van der Waals surface area contributed by atoms with Gasteiger partial charge in [0.2, 0.25) is 11.8 Å². The molecule has 2 fully saturated rings. The number of aliphatic hydroxyl groups is 1. The van der Waals surface area contributed by atoms with E-state index in [9.17, 15) is 19.5 Å². The number of carbonyl (C=O) groups excluding carboxylic acids is 3. The van der Waals surface area contributed by atoms with Crippen molar-refractivity contribution in [2.45, 2.75) is 44.1 Å². The molecule has 0 saturated carbocycles. The van der Waals surface area contributed by atoms with E-state index in [1.54, 1.807) is 30.1 Å². The van der Waals surface area contributed by atoms with Crippen LogP contribution in [0.1, 0.15) is 20.8 Å². The minimum atomic E-state index is -1.27. The predicted octanol–water partition coefficient (Wildman–Crippen LogP) is -0.131. The van der Waals surface area contributed by atoms with E-state index in [-0.39, 0.29) is 37.6 Å². The van der Waals surface area contributed by atoms with Crippen molar-refractivity contribution in [3.63, 3.8) is 0 Å². The summed E-state index contributed by atoms with van der Waals surface area (Å²) >= 11 is 0. The minimum Gasteiger partial charge on any atom is -0.461 e. The first-order chi connectivity index (χ1) is 13.3. The van der Waals surface area contributed by atoms with E-state index in [0.717, 1.165) is 0 Å². The van der Waals surface area contributed by atoms with Crippen LogP contribution in [-0.4, -0.2) is 82.3 Å². The fourth-order valence-corrected chi connectivity index (χ4v) is 5.19. The minimum absolute atomic E-state index is 0.00491. The van der Waals surface area contributed by atoms with Gasteiger partial charge in [0.1, 0.15) is 24.2 Å². The average Bonchev–Trinajstić information content (AvgIpc) is 2.86. The van der Waals surface area contributed by atoms with Crippen LogP contribution in [0.3, 0.4) is 0 Å². The molecule has 5 atom stereocenters. The molecule has 1 N–H and O–H groups in total. The zero-order valence-electron chi connectivity index (χ0n) is 16.3. The Bertz CT molecular complexity index is 777. The van der Waals surface area contributed by atoms with Gasteiger partial charge in [-0.15, -0.1) is 0 Å². The second-order valence-electron chi connectivity index (χ2n) is 8.27. The molecule has 4 aliphatic heterocycles. The van der Waals surface area contributed by atoms with Gasteiger partial charge in [-0.1, -0.05) is 18.2 Å². The highest BCUT2D eigenvalue weighted by atomic mass is 16.6. The van der Waals surface area contributed by atoms with Gasteiger partial charge in [-0.25, -0.2) is 0 Å². The molecule has 8 heteroatoms. The smallest absolute Gasteiger partial charge is 0.313 e. The van der Waals surface area contributed by atoms with Crippen LogP contribution >= 0.6 is 0 Å². The largest absolute Gasteiger partial charge is 0.461 e. The molecule has 4 aliphatic rings. The van der Waals surface area contributed by atoms with Crippen molar-refractivity contribution in [3.05, 3.63) is 24.3 Å². The average molecular weight is 390 g/mol. The zero-order chi connectivity index (χ0) is 20.3. The van der Waals surface area contributed by atoms with Crippen molar-refractivity contribution in [3.8, 4) is 0 Å². The molecular weight excluding hydrogens is 364 g/mol. The van der Waals surface area contributed by atoms with Crippen molar-refractivity contribution in [2.75, 3.05) is 26.3 Å². The topological polar surface area (TPSA) is 96.4 Å². The molecule has 0 aromatic heterocycles. The van der Waals surface area contributed by atoms with E-state index in [4.69, 9.17) is 9.47 Å². The Balaban J connectivity index is 1.89. The normalized spacial score (nSPS) is 39.6. The second-order valence-corrected chi connectivity index (χ2v) is 8.27. The van der Waals surface area contributed by atoms with Crippen LogP contribution in [0, 0.1) is 11.8 Å². The van der Waals surface area contributed by atoms with Gasteiger partial charge in [-0.05, 0) is 26.8 Å². The van der Waals surface area contributed by atoms with Crippen LogP contribution in [0.25, 0.3) is 0 Å². The first-order valence-corrected chi connectivity index (χ1v) is 9.71. The van der Waals surface area contributed by atoms with E-state index >= 15 is 0 Å². The van der Waals surface area contributed by atoms with Crippen LogP contribution in [0.15, 0.2) is 24.3 Å². The van der Waals surface area contributed by atoms with Crippen LogP contribution in [0.5, 0.6) is 0 Å². The van der Waals surface area contributed by atoms with Gasteiger partial charge in [0, 0.05) is 19.1 Å². The number of ether oxygens (including phenoxy) is 2. The summed E-state index contributed by atoms with van der Waals surface area (Å²) in [5, 5.41) is 9.53. The van der Waals surface area contributed by atoms with Crippen molar-refractivity contribution in [1.29, 1.82) is 0 Å². The quantitative estimate of drug-likeness (QED) is 0.533. The van der Waals surface area contributed by atoms with Crippen molar-refractivity contribution < 1.29 is 29.0 Å². The molecule has 0 bridgehead atoms. The number of cyclic esters (lactones) is 1. The van der Waals surface area contributed by atoms with Crippen molar-refractivity contribution >= 4 is 17.8 Å². The molecule has 2 saturated heterocycles. The number of hydrogen-bond acceptors (Lipinski definition) is 6.